The molecule has 0 saturated carbocycles. The van der Waals surface area contributed by atoms with Crippen molar-refractivity contribution in [3.8, 4) is 0 Å². The van der Waals surface area contributed by atoms with E-state index >= 15 is 0 Å². The van der Waals surface area contributed by atoms with E-state index < -0.39 is 37.2 Å². The molecule has 1 aliphatic heterocycles. The number of aliphatic hydroxyl groups is 3. The monoisotopic (exact) mass is 180 g/mol. The van der Waals surface area contributed by atoms with E-state index in [2.05, 4.69) is 0 Å². The summed E-state index contributed by atoms with van der Waals surface area (Å²) in [5.74, 6) is 0. The molecule has 0 aromatic heterocycles. The van der Waals surface area contributed by atoms with Gasteiger partial charge in [0.2, 0.25) is 0 Å². The van der Waals surface area contributed by atoms with Gasteiger partial charge in [-0.05, 0) is 6.92 Å². The summed E-state index contributed by atoms with van der Waals surface area (Å²) in [7, 11) is 0. The van der Waals surface area contributed by atoms with Gasteiger partial charge < -0.3 is 20.1 Å². The molecule has 72 valence electrons. The summed E-state index contributed by atoms with van der Waals surface area (Å²) in [6, 6.07) is 0. The largest absolute Gasteiger partial charge is 0.394 e. The first kappa shape index (κ1) is 9.85. The fourth-order valence-corrected chi connectivity index (χ4v) is 1.42. The van der Waals surface area contributed by atoms with Gasteiger partial charge >= 0.3 is 0 Å². The Bertz CT molecular complexity index is 165. The number of halogens is 1. The van der Waals surface area contributed by atoms with Crippen LogP contribution in [0, 0.1) is 0 Å². The van der Waals surface area contributed by atoms with Gasteiger partial charge in [0.05, 0.1) is 19.3 Å². The van der Waals surface area contributed by atoms with Gasteiger partial charge in [-0.3, -0.25) is 0 Å². The molecular weight excluding hydrogens is 167 g/mol. The van der Waals surface area contributed by atoms with E-state index in [9.17, 15) is 9.50 Å². The highest BCUT2D eigenvalue weighted by Crippen LogP contribution is 2.33. The maximum Gasteiger partial charge on any atom is 0.190 e. The molecule has 4 atom stereocenters. The van der Waals surface area contributed by atoms with Crippen LogP contribution in [0.2, 0.25) is 0 Å². The normalized spacial score (nSPS) is 48.2. The lowest BCUT2D eigenvalue weighted by atomic mass is 9.94. The van der Waals surface area contributed by atoms with Crippen LogP contribution in [-0.2, 0) is 4.74 Å². The molecule has 1 fully saturated rings. The van der Waals surface area contributed by atoms with Crippen molar-refractivity contribution in [2.45, 2.75) is 30.9 Å². The van der Waals surface area contributed by atoms with Crippen molar-refractivity contribution in [1.29, 1.82) is 0 Å². The average molecular weight is 180 g/mol. The van der Waals surface area contributed by atoms with E-state index in [1.807, 2.05) is 0 Å². The van der Waals surface area contributed by atoms with Crippen molar-refractivity contribution in [3.05, 3.63) is 0 Å². The third-order valence-electron chi connectivity index (χ3n) is 2.26. The fourth-order valence-electron chi connectivity index (χ4n) is 1.42. The molecule has 0 bridgehead atoms. The molecule has 4 nitrogen and oxygen atoms in total. The highest BCUT2D eigenvalue weighted by molar-refractivity contribution is 5.02. The van der Waals surface area contributed by atoms with E-state index in [1.165, 1.54) is 6.92 Å². The smallest absolute Gasteiger partial charge is 0.190 e. The van der Waals surface area contributed by atoms with Gasteiger partial charge in [-0.1, -0.05) is 0 Å². The van der Waals surface area contributed by atoms with Crippen molar-refractivity contribution in [3.63, 3.8) is 0 Å². The molecule has 0 amide bonds. The molecule has 5 heteroatoms. The predicted octanol–water partition coefficient (Wildman–Crippen LogP) is -1.17. The van der Waals surface area contributed by atoms with E-state index in [1.54, 1.807) is 0 Å². The molecule has 0 aromatic carbocycles. The number of hydrogen-bond acceptors (Lipinski definition) is 4. The minimum Gasteiger partial charge on any atom is -0.394 e. The maximum atomic E-state index is 13.6. The van der Waals surface area contributed by atoms with Crippen LogP contribution in [-0.4, -0.2) is 52.5 Å². The van der Waals surface area contributed by atoms with Crippen LogP contribution < -0.4 is 0 Å². The Morgan fingerprint density at radius 3 is 2.42 bits per heavy atom. The first-order valence-corrected chi connectivity index (χ1v) is 3.80. The summed E-state index contributed by atoms with van der Waals surface area (Å²) in [6.45, 7) is 0.104. The number of rotatable bonds is 2. The lowest BCUT2D eigenvalue weighted by molar-refractivity contribution is -0.0644. The Labute approximate surface area is 69.6 Å². The zero-order valence-electron chi connectivity index (χ0n) is 6.77. The zero-order chi connectivity index (χ0) is 9.35. The molecule has 0 aliphatic carbocycles. The van der Waals surface area contributed by atoms with Gasteiger partial charge in [-0.25, -0.2) is 4.39 Å². The summed E-state index contributed by atoms with van der Waals surface area (Å²) in [5, 5.41) is 26.6. The summed E-state index contributed by atoms with van der Waals surface area (Å²) in [5.41, 5.74) is -2.23. The number of hydrogen-bond donors (Lipinski definition) is 3. The van der Waals surface area contributed by atoms with Crippen molar-refractivity contribution in [1.82, 2.24) is 0 Å². The topological polar surface area (TPSA) is 69.9 Å². The molecule has 3 N–H and O–H groups in total. The average Bonchev–Trinajstić information content (AvgIpc) is 2.30. The van der Waals surface area contributed by atoms with E-state index in [4.69, 9.17) is 14.9 Å². The molecule has 0 spiro atoms. The lowest BCUT2D eigenvalue weighted by Crippen LogP contribution is -2.48. The molecule has 1 heterocycles. The second-order valence-electron chi connectivity index (χ2n) is 3.04. The minimum absolute atomic E-state index is 0.543. The van der Waals surface area contributed by atoms with Crippen molar-refractivity contribution >= 4 is 0 Å². The Morgan fingerprint density at radius 2 is 2.08 bits per heavy atom. The van der Waals surface area contributed by atoms with Crippen molar-refractivity contribution < 1.29 is 24.4 Å². The zero-order valence-corrected chi connectivity index (χ0v) is 6.77. The Morgan fingerprint density at radius 1 is 1.50 bits per heavy atom. The molecule has 1 rings (SSSR count). The Hall–Kier alpha value is -0.230. The van der Waals surface area contributed by atoms with Gasteiger partial charge in [0.15, 0.2) is 5.67 Å². The van der Waals surface area contributed by atoms with Crippen LogP contribution in [0.15, 0.2) is 0 Å². The number of alkyl halides is 1. The molecule has 0 aromatic rings. The number of aliphatic hydroxyl groups excluding tert-OH is 3. The molecular formula is C7H13FO4. The van der Waals surface area contributed by atoms with E-state index in [0.717, 1.165) is 0 Å². The SMILES string of the molecule is C[C@H]1O[C@H](CO)[C@](F)(CO)C1O. The van der Waals surface area contributed by atoms with Gasteiger partial charge in [0, 0.05) is 0 Å². The van der Waals surface area contributed by atoms with Crippen molar-refractivity contribution in [2.24, 2.45) is 0 Å². The van der Waals surface area contributed by atoms with E-state index in [-0.39, 0.29) is 0 Å². The molecule has 0 radical (unpaired) electrons. The predicted molar refractivity (Wildman–Crippen MR) is 38.4 cm³/mol. The highest BCUT2D eigenvalue weighted by Gasteiger charge is 2.55. The first-order valence-electron chi connectivity index (χ1n) is 3.80. The molecule has 1 unspecified atom stereocenters. The van der Waals surface area contributed by atoms with Crippen LogP contribution in [0.5, 0.6) is 0 Å². The lowest BCUT2D eigenvalue weighted by Gasteiger charge is -2.24. The van der Waals surface area contributed by atoms with Crippen LogP contribution in [0.3, 0.4) is 0 Å². The summed E-state index contributed by atoms with van der Waals surface area (Å²) in [4.78, 5) is 0. The van der Waals surface area contributed by atoms with Crippen LogP contribution in [0.1, 0.15) is 6.92 Å². The second kappa shape index (κ2) is 3.26. The fraction of sp³-hybridized carbons (Fsp3) is 1.00. The van der Waals surface area contributed by atoms with Gasteiger partial charge in [-0.2, -0.15) is 0 Å². The maximum absolute atomic E-state index is 13.6. The van der Waals surface area contributed by atoms with Crippen LogP contribution in [0.25, 0.3) is 0 Å². The molecule has 1 aliphatic rings. The molecule has 1 saturated heterocycles. The quantitative estimate of drug-likeness (QED) is 0.500. The third-order valence-corrected chi connectivity index (χ3v) is 2.26. The van der Waals surface area contributed by atoms with Crippen LogP contribution >= 0.6 is 0 Å². The summed E-state index contributed by atoms with van der Waals surface area (Å²) < 4.78 is 18.5. The summed E-state index contributed by atoms with van der Waals surface area (Å²) in [6.07, 6.45) is -3.20. The third kappa shape index (κ3) is 1.22. The second-order valence-corrected chi connectivity index (χ2v) is 3.04. The van der Waals surface area contributed by atoms with Crippen LogP contribution in [0.4, 0.5) is 4.39 Å². The van der Waals surface area contributed by atoms with Gasteiger partial charge in [0.1, 0.15) is 12.2 Å². The highest BCUT2D eigenvalue weighted by atomic mass is 19.1. The first-order chi connectivity index (χ1) is 5.56. The van der Waals surface area contributed by atoms with Gasteiger partial charge in [0.25, 0.3) is 0 Å². The minimum atomic E-state index is -2.23. The van der Waals surface area contributed by atoms with E-state index in [0.29, 0.717) is 0 Å². The van der Waals surface area contributed by atoms with Crippen molar-refractivity contribution in [2.75, 3.05) is 13.2 Å². The Kier molecular flexibility index (Phi) is 2.67. The standard InChI is InChI=1S/C7H13FO4/c1-4-6(11)7(8,3-10)5(2-9)12-4/h4-6,9-11H,2-3H2,1H3/t4-,5-,6?,7-/m1/s1. The van der Waals surface area contributed by atoms with Gasteiger partial charge in [-0.15, -0.1) is 0 Å². The summed E-state index contributed by atoms with van der Waals surface area (Å²) >= 11 is 0. The molecule has 12 heavy (non-hydrogen) atoms. The number of ether oxygens (including phenoxy) is 1. The Balaban J connectivity index is 2.80.